The number of carbonyl (C=O) groups is 3. The Hall–Kier alpha value is -2.58. The molecule has 146 valence electrons. The van der Waals surface area contributed by atoms with E-state index in [1.54, 1.807) is 0 Å². The van der Waals surface area contributed by atoms with Crippen LogP contribution in [0.15, 0.2) is 30.3 Å². The maximum absolute atomic E-state index is 13.1. The van der Waals surface area contributed by atoms with Gasteiger partial charge >= 0.3 is 12.1 Å². The van der Waals surface area contributed by atoms with Crippen LogP contribution >= 0.6 is 0 Å². The van der Waals surface area contributed by atoms with Crippen molar-refractivity contribution in [2.45, 2.75) is 19.1 Å². The highest BCUT2D eigenvalue weighted by Crippen LogP contribution is 2.38. The highest BCUT2D eigenvalue weighted by molar-refractivity contribution is 5.89. The van der Waals surface area contributed by atoms with E-state index in [1.165, 1.54) is 4.90 Å². The minimum absolute atomic E-state index is 0.0728. The van der Waals surface area contributed by atoms with Gasteiger partial charge in [-0.2, -0.15) is 13.2 Å². The molecule has 2 heterocycles. The number of nitrogens with zero attached hydrogens (tertiary/aromatic N) is 2. The van der Waals surface area contributed by atoms with Gasteiger partial charge in [-0.25, -0.2) is 0 Å². The van der Waals surface area contributed by atoms with E-state index in [2.05, 4.69) is 0 Å². The minimum atomic E-state index is -4.69. The van der Waals surface area contributed by atoms with Gasteiger partial charge in [0.2, 0.25) is 11.8 Å². The van der Waals surface area contributed by atoms with Crippen LogP contribution in [-0.4, -0.2) is 58.5 Å². The number of hydrogen-bond donors (Lipinski definition) is 1. The van der Waals surface area contributed by atoms with Crippen LogP contribution in [0.3, 0.4) is 0 Å². The third kappa shape index (κ3) is 4.06. The maximum atomic E-state index is 13.1. The van der Waals surface area contributed by atoms with Gasteiger partial charge in [-0.15, -0.1) is 0 Å². The molecule has 0 aromatic heterocycles. The smallest absolute Gasteiger partial charge is 0.394 e. The first-order valence-corrected chi connectivity index (χ1v) is 8.57. The lowest BCUT2D eigenvalue weighted by Crippen LogP contribution is -2.37. The van der Waals surface area contributed by atoms with E-state index in [0.29, 0.717) is 6.54 Å². The van der Waals surface area contributed by atoms with Crippen molar-refractivity contribution >= 4 is 17.8 Å². The van der Waals surface area contributed by atoms with Crippen molar-refractivity contribution in [1.29, 1.82) is 0 Å². The molecule has 0 saturated carbocycles. The average molecular weight is 384 g/mol. The Morgan fingerprint density at radius 3 is 2.33 bits per heavy atom. The predicted molar refractivity (Wildman–Crippen MR) is 87.2 cm³/mol. The molecule has 2 amide bonds. The standard InChI is InChI=1S/C18H19F3N2O4/c19-18(20,21)14-10-23(9-13(14)17(26)27)16(25)12-6-15(24)22(8-12)7-11-4-2-1-3-5-11/h1-5,12-14H,6-10H2,(H,26,27)/t12?,13-,14-/m1/s1. The van der Waals surface area contributed by atoms with E-state index in [1.807, 2.05) is 30.3 Å². The fourth-order valence-corrected chi connectivity index (χ4v) is 3.72. The molecule has 2 fully saturated rings. The lowest BCUT2D eigenvalue weighted by atomic mass is 9.96. The van der Waals surface area contributed by atoms with Crippen LogP contribution in [0.1, 0.15) is 12.0 Å². The van der Waals surface area contributed by atoms with Gasteiger partial charge < -0.3 is 14.9 Å². The van der Waals surface area contributed by atoms with E-state index in [0.717, 1.165) is 10.5 Å². The minimum Gasteiger partial charge on any atom is -0.481 e. The van der Waals surface area contributed by atoms with Crippen molar-refractivity contribution in [2.75, 3.05) is 19.6 Å². The summed E-state index contributed by atoms with van der Waals surface area (Å²) in [6.45, 7) is -0.714. The first-order chi connectivity index (χ1) is 12.7. The quantitative estimate of drug-likeness (QED) is 0.858. The molecule has 9 heteroatoms. The van der Waals surface area contributed by atoms with E-state index in [4.69, 9.17) is 5.11 Å². The Kier molecular flexibility index (Phi) is 5.12. The predicted octanol–water partition coefficient (Wildman–Crippen LogP) is 1.76. The fraction of sp³-hybridized carbons (Fsp3) is 0.500. The van der Waals surface area contributed by atoms with Crippen LogP contribution < -0.4 is 0 Å². The second-order valence-corrected chi connectivity index (χ2v) is 7.00. The van der Waals surface area contributed by atoms with Gasteiger partial charge in [-0.05, 0) is 5.56 Å². The van der Waals surface area contributed by atoms with Crippen LogP contribution in [-0.2, 0) is 20.9 Å². The van der Waals surface area contributed by atoms with Gasteiger partial charge in [0.1, 0.15) is 0 Å². The van der Waals surface area contributed by atoms with Crippen LogP contribution in [0.25, 0.3) is 0 Å². The number of aliphatic carboxylic acids is 1. The molecule has 1 unspecified atom stereocenters. The van der Waals surface area contributed by atoms with Gasteiger partial charge in [0.15, 0.2) is 0 Å². The van der Waals surface area contributed by atoms with Crippen molar-refractivity contribution in [1.82, 2.24) is 9.80 Å². The summed E-state index contributed by atoms with van der Waals surface area (Å²) in [7, 11) is 0. The molecule has 0 spiro atoms. The van der Waals surface area contributed by atoms with Crippen LogP contribution in [0.5, 0.6) is 0 Å². The Morgan fingerprint density at radius 2 is 1.78 bits per heavy atom. The third-order valence-electron chi connectivity index (χ3n) is 5.15. The summed E-state index contributed by atoms with van der Waals surface area (Å²) in [4.78, 5) is 38.4. The number of likely N-dealkylation sites (tertiary alicyclic amines) is 2. The van der Waals surface area contributed by atoms with Crippen molar-refractivity contribution in [2.24, 2.45) is 17.8 Å². The topological polar surface area (TPSA) is 77.9 Å². The summed E-state index contributed by atoms with van der Waals surface area (Å²) in [6.07, 6.45) is -4.76. The van der Waals surface area contributed by atoms with Crippen LogP contribution in [0, 0.1) is 17.8 Å². The van der Waals surface area contributed by atoms with E-state index in [9.17, 15) is 27.6 Å². The second-order valence-electron chi connectivity index (χ2n) is 7.00. The number of rotatable bonds is 4. The Bertz CT molecular complexity index is 738. The monoisotopic (exact) mass is 384 g/mol. The normalized spacial score (nSPS) is 25.9. The molecule has 1 aromatic rings. The number of alkyl halides is 3. The zero-order valence-corrected chi connectivity index (χ0v) is 14.4. The van der Waals surface area contributed by atoms with E-state index in [-0.39, 0.29) is 18.9 Å². The Morgan fingerprint density at radius 1 is 1.11 bits per heavy atom. The Balaban J connectivity index is 1.66. The summed E-state index contributed by atoms with van der Waals surface area (Å²) in [5.74, 6) is -6.90. The summed E-state index contributed by atoms with van der Waals surface area (Å²) in [6, 6.07) is 9.17. The number of carboxylic acid groups (broad SMARTS) is 1. The highest BCUT2D eigenvalue weighted by atomic mass is 19.4. The zero-order chi connectivity index (χ0) is 19.8. The molecule has 0 aliphatic carbocycles. The first kappa shape index (κ1) is 19.2. The molecule has 2 aliphatic rings. The molecular weight excluding hydrogens is 365 g/mol. The number of carbonyl (C=O) groups excluding carboxylic acids is 2. The van der Waals surface area contributed by atoms with Crippen molar-refractivity contribution in [3.05, 3.63) is 35.9 Å². The van der Waals surface area contributed by atoms with Crippen molar-refractivity contribution in [3.8, 4) is 0 Å². The molecule has 0 bridgehead atoms. The first-order valence-electron chi connectivity index (χ1n) is 8.57. The lowest BCUT2D eigenvalue weighted by molar-refractivity contribution is -0.188. The molecule has 0 radical (unpaired) electrons. The molecular formula is C18H19F3N2O4. The van der Waals surface area contributed by atoms with Crippen molar-refractivity contribution in [3.63, 3.8) is 0 Å². The van der Waals surface area contributed by atoms with Crippen molar-refractivity contribution < 1.29 is 32.7 Å². The summed E-state index contributed by atoms with van der Waals surface area (Å²) < 4.78 is 39.3. The van der Waals surface area contributed by atoms with Crippen LogP contribution in [0.4, 0.5) is 13.2 Å². The molecule has 1 N–H and O–H groups in total. The number of hydrogen-bond acceptors (Lipinski definition) is 3. The molecule has 2 aliphatic heterocycles. The van der Waals surface area contributed by atoms with Gasteiger partial charge in [0.25, 0.3) is 0 Å². The Labute approximate surface area is 153 Å². The van der Waals surface area contributed by atoms with Crippen LogP contribution in [0.2, 0.25) is 0 Å². The van der Waals surface area contributed by atoms with Gasteiger partial charge in [0.05, 0.1) is 17.8 Å². The molecule has 3 rings (SSSR count). The summed E-state index contributed by atoms with van der Waals surface area (Å²) in [5.41, 5.74) is 0.892. The zero-order valence-electron chi connectivity index (χ0n) is 14.4. The summed E-state index contributed by atoms with van der Waals surface area (Å²) in [5, 5.41) is 9.06. The summed E-state index contributed by atoms with van der Waals surface area (Å²) >= 11 is 0. The van der Waals surface area contributed by atoms with E-state index < -0.39 is 48.9 Å². The largest absolute Gasteiger partial charge is 0.481 e. The highest BCUT2D eigenvalue weighted by Gasteiger charge is 2.54. The SMILES string of the molecule is O=C(O)[C@@H]1CN(C(=O)C2CC(=O)N(Cc3ccccc3)C2)C[C@H]1C(F)(F)F. The molecule has 3 atom stereocenters. The molecule has 27 heavy (non-hydrogen) atoms. The number of amides is 2. The maximum Gasteiger partial charge on any atom is 0.394 e. The van der Waals surface area contributed by atoms with Gasteiger partial charge in [0, 0.05) is 32.6 Å². The number of benzene rings is 1. The second kappa shape index (κ2) is 7.21. The molecule has 1 aromatic carbocycles. The molecule has 2 saturated heterocycles. The van der Waals surface area contributed by atoms with Gasteiger partial charge in [-0.1, -0.05) is 30.3 Å². The van der Waals surface area contributed by atoms with Gasteiger partial charge in [-0.3, -0.25) is 14.4 Å². The fourth-order valence-electron chi connectivity index (χ4n) is 3.72. The third-order valence-corrected chi connectivity index (χ3v) is 5.15. The van der Waals surface area contributed by atoms with E-state index >= 15 is 0 Å². The average Bonchev–Trinajstić information content (AvgIpc) is 3.20. The number of carboxylic acids is 1. The molecule has 6 nitrogen and oxygen atoms in total. The lowest BCUT2D eigenvalue weighted by Gasteiger charge is -2.21. The number of halogens is 3.